The first-order valence-electron chi connectivity index (χ1n) is 6.75. The maximum Gasteiger partial charge on any atom is 0.313 e. The van der Waals surface area contributed by atoms with Crippen LogP contribution in [-0.4, -0.2) is 21.7 Å². The van der Waals surface area contributed by atoms with Gasteiger partial charge in [-0.1, -0.05) is 6.42 Å². The van der Waals surface area contributed by atoms with Crippen molar-refractivity contribution >= 4 is 0 Å². The van der Waals surface area contributed by atoms with Gasteiger partial charge in [-0.15, -0.1) is 0 Å². The first-order chi connectivity index (χ1) is 8.75. The Hall–Kier alpha value is -1.36. The van der Waals surface area contributed by atoms with Crippen LogP contribution in [0.25, 0.3) is 0 Å². The molecule has 2 unspecified atom stereocenters. The van der Waals surface area contributed by atoms with E-state index >= 15 is 0 Å². The normalized spacial score (nSPS) is 28.1. The third-order valence-electron chi connectivity index (χ3n) is 3.79. The molecule has 0 aromatic carbocycles. The zero-order valence-electron chi connectivity index (χ0n) is 10.4. The van der Waals surface area contributed by atoms with Crippen LogP contribution in [0.15, 0.2) is 17.2 Å². The lowest BCUT2D eigenvalue weighted by molar-refractivity contribution is 0.124. The van der Waals surface area contributed by atoms with Crippen LogP contribution < -0.4 is 16.0 Å². The van der Waals surface area contributed by atoms with E-state index in [4.69, 9.17) is 10.5 Å². The molecule has 2 aliphatic rings. The van der Waals surface area contributed by atoms with Gasteiger partial charge in [0.2, 0.25) is 0 Å². The van der Waals surface area contributed by atoms with E-state index in [1.807, 2.05) is 0 Å². The number of nitrogens with two attached hydrogens (primary N) is 1. The molecule has 2 N–H and O–H groups in total. The predicted octanol–water partition coefficient (Wildman–Crippen LogP) is 1.23. The molecule has 98 valence electrons. The van der Waals surface area contributed by atoms with Crippen molar-refractivity contribution in [3.63, 3.8) is 0 Å². The highest BCUT2D eigenvalue weighted by atomic mass is 16.5. The SMILES string of the molecule is NC1CCCCC1Oc1nccn(C2CC2)c1=O. The Labute approximate surface area is 106 Å². The van der Waals surface area contributed by atoms with E-state index in [-0.39, 0.29) is 23.6 Å². The molecule has 5 heteroatoms. The Morgan fingerprint density at radius 1 is 1.28 bits per heavy atom. The molecule has 2 fully saturated rings. The van der Waals surface area contributed by atoms with Crippen molar-refractivity contribution in [2.75, 3.05) is 0 Å². The van der Waals surface area contributed by atoms with E-state index in [1.165, 1.54) is 0 Å². The highest BCUT2D eigenvalue weighted by Crippen LogP contribution is 2.33. The Bertz CT molecular complexity index is 481. The molecule has 1 aromatic rings. The van der Waals surface area contributed by atoms with Crippen LogP contribution in [0.2, 0.25) is 0 Å². The minimum atomic E-state index is -0.113. The molecule has 1 heterocycles. The van der Waals surface area contributed by atoms with Crippen LogP contribution in [0.5, 0.6) is 5.88 Å². The molecule has 0 radical (unpaired) electrons. The van der Waals surface area contributed by atoms with Crippen LogP contribution in [0.4, 0.5) is 0 Å². The largest absolute Gasteiger partial charge is 0.469 e. The summed E-state index contributed by atoms with van der Waals surface area (Å²) < 4.78 is 7.48. The lowest BCUT2D eigenvalue weighted by Crippen LogP contribution is -2.42. The summed E-state index contributed by atoms with van der Waals surface area (Å²) in [5.41, 5.74) is 5.91. The summed E-state index contributed by atoms with van der Waals surface area (Å²) in [4.78, 5) is 16.2. The number of hydrogen-bond acceptors (Lipinski definition) is 4. The van der Waals surface area contributed by atoms with Gasteiger partial charge in [0.05, 0.1) is 0 Å². The monoisotopic (exact) mass is 249 g/mol. The predicted molar refractivity (Wildman–Crippen MR) is 67.6 cm³/mol. The number of rotatable bonds is 3. The fourth-order valence-electron chi connectivity index (χ4n) is 2.54. The second-order valence-corrected chi connectivity index (χ2v) is 5.28. The first kappa shape index (κ1) is 11.7. The molecular weight excluding hydrogens is 230 g/mol. The third-order valence-corrected chi connectivity index (χ3v) is 3.79. The molecule has 5 nitrogen and oxygen atoms in total. The van der Waals surface area contributed by atoms with Crippen molar-refractivity contribution in [2.45, 2.75) is 56.7 Å². The van der Waals surface area contributed by atoms with Crippen LogP contribution in [-0.2, 0) is 0 Å². The molecule has 2 aliphatic carbocycles. The van der Waals surface area contributed by atoms with Crippen LogP contribution in [0.1, 0.15) is 44.6 Å². The molecule has 0 spiro atoms. The summed E-state index contributed by atoms with van der Waals surface area (Å²) in [6.07, 6.45) is 9.62. The summed E-state index contributed by atoms with van der Waals surface area (Å²) in [5, 5.41) is 0. The molecule has 3 rings (SSSR count). The Morgan fingerprint density at radius 2 is 2.06 bits per heavy atom. The average Bonchev–Trinajstić information content (AvgIpc) is 3.19. The zero-order chi connectivity index (χ0) is 12.5. The van der Waals surface area contributed by atoms with Gasteiger partial charge in [0, 0.05) is 24.5 Å². The number of nitrogens with zero attached hydrogens (tertiary/aromatic N) is 2. The molecule has 2 atom stereocenters. The van der Waals surface area contributed by atoms with Gasteiger partial charge in [-0.25, -0.2) is 4.98 Å². The second-order valence-electron chi connectivity index (χ2n) is 5.28. The van der Waals surface area contributed by atoms with E-state index in [0.717, 1.165) is 38.5 Å². The van der Waals surface area contributed by atoms with Gasteiger partial charge in [0.1, 0.15) is 6.10 Å². The maximum absolute atomic E-state index is 12.2. The number of ether oxygens (including phenoxy) is 1. The van der Waals surface area contributed by atoms with Crippen molar-refractivity contribution in [2.24, 2.45) is 5.73 Å². The Morgan fingerprint density at radius 3 is 2.78 bits per heavy atom. The van der Waals surface area contributed by atoms with Gasteiger partial charge in [0.15, 0.2) is 0 Å². The lowest BCUT2D eigenvalue weighted by atomic mass is 9.93. The van der Waals surface area contributed by atoms with Crippen molar-refractivity contribution in [1.29, 1.82) is 0 Å². The van der Waals surface area contributed by atoms with Gasteiger partial charge in [-0.2, -0.15) is 0 Å². The van der Waals surface area contributed by atoms with Crippen molar-refractivity contribution in [3.05, 3.63) is 22.7 Å². The van der Waals surface area contributed by atoms with E-state index in [9.17, 15) is 4.79 Å². The highest BCUT2D eigenvalue weighted by molar-refractivity contribution is 5.08. The Balaban J connectivity index is 1.79. The van der Waals surface area contributed by atoms with Crippen molar-refractivity contribution < 1.29 is 4.74 Å². The molecule has 0 amide bonds. The second kappa shape index (κ2) is 4.72. The first-order valence-corrected chi connectivity index (χ1v) is 6.75. The third kappa shape index (κ3) is 2.27. The zero-order valence-corrected chi connectivity index (χ0v) is 10.4. The van der Waals surface area contributed by atoms with E-state index in [0.29, 0.717) is 6.04 Å². The molecule has 0 aliphatic heterocycles. The summed E-state index contributed by atoms with van der Waals surface area (Å²) in [6.45, 7) is 0. The standard InChI is InChI=1S/C13H19N3O2/c14-10-3-1-2-4-11(10)18-12-13(17)16(8-7-15-12)9-5-6-9/h7-11H,1-6,14H2. The van der Waals surface area contributed by atoms with Gasteiger partial charge in [-0.3, -0.25) is 4.79 Å². The molecule has 0 saturated heterocycles. The minimum absolute atomic E-state index is 0.0227. The smallest absolute Gasteiger partial charge is 0.313 e. The molecule has 18 heavy (non-hydrogen) atoms. The van der Waals surface area contributed by atoms with Crippen molar-refractivity contribution in [1.82, 2.24) is 9.55 Å². The highest BCUT2D eigenvalue weighted by Gasteiger charge is 2.28. The number of hydrogen-bond donors (Lipinski definition) is 1. The summed E-state index contributed by atoms with van der Waals surface area (Å²) in [7, 11) is 0. The average molecular weight is 249 g/mol. The van der Waals surface area contributed by atoms with Crippen LogP contribution in [0, 0.1) is 0 Å². The topological polar surface area (TPSA) is 70.1 Å². The van der Waals surface area contributed by atoms with Gasteiger partial charge in [-0.05, 0) is 32.1 Å². The minimum Gasteiger partial charge on any atom is -0.469 e. The fraction of sp³-hybridized carbons (Fsp3) is 0.692. The molecule has 1 aromatic heterocycles. The number of aromatic nitrogens is 2. The van der Waals surface area contributed by atoms with E-state index < -0.39 is 0 Å². The summed E-state index contributed by atoms with van der Waals surface area (Å²) in [5.74, 6) is 0.215. The van der Waals surface area contributed by atoms with E-state index in [2.05, 4.69) is 4.98 Å². The molecular formula is C13H19N3O2. The summed E-state index contributed by atoms with van der Waals surface area (Å²) >= 11 is 0. The molecule has 0 bridgehead atoms. The Kier molecular flexibility index (Phi) is 3.07. The summed E-state index contributed by atoms with van der Waals surface area (Å²) in [6, 6.07) is 0.373. The van der Waals surface area contributed by atoms with Gasteiger partial charge < -0.3 is 15.0 Å². The fourth-order valence-corrected chi connectivity index (χ4v) is 2.54. The quantitative estimate of drug-likeness (QED) is 0.874. The van der Waals surface area contributed by atoms with Gasteiger partial charge >= 0.3 is 5.56 Å². The van der Waals surface area contributed by atoms with Crippen LogP contribution >= 0.6 is 0 Å². The molecule has 2 saturated carbocycles. The lowest BCUT2D eigenvalue weighted by Gasteiger charge is -2.28. The van der Waals surface area contributed by atoms with Gasteiger partial charge in [0.25, 0.3) is 5.88 Å². The van der Waals surface area contributed by atoms with E-state index in [1.54, 1.807) is 17.0 Å². The van der Waals surface area contributed by atoms with Crippen LogP contribution in [0.3, 0.4) is 0 Å². The van der Waals surface area contributed by atoms with Crippen molar-refractivity contribution in [3.8, 4) is 5.88 Å². The maximum atomic E-state index is 12.2.